The second-order valence-electron chi connectivity index (χ2n) is 7.97. The molecule has 0 spiro atoms. The monoisotopic (exact) mass is 473 g/mol. The van der Waals surface area contributed by atoms with E-state index in [2.05, 4.69) is 15.7 Å². The zero-order valence-electron chi connectivity index (χ0n) is 18.6. The van der Waals surface area contributed by atoms with E-state index in [0.717, 1.165) is 17.2 Å². The van der Waals surface area contributed by atoms with Crippen LogP contribution in [0, 0.1) is 23.0 Å². The Kier molecular flexibility index (Phi) is 5.92. The van der Waals surface area contributed by atoms with Crippen LogP contribution in [-0.4, -0.2) is 63.8 Å². The lowest BCUT2D eigenvalue weighted by molar-refractivity contribution is -0.168. The van der Waals surface area contributed by atoms with Crippen molar-refractivity contribution < 1.29 is 28.0 Å². The number of halogens is 2. The molecule has 0 bridgehead atoms. The lowest BCUT2D eigenvalue weighted by Gasteiger charge is -2.33. The fraction of sp³-hybridized carbons (Fsp3) is 0.381. The number of anilines is 1. The molecule has 11 nitrogen and oxygen atoms in total. The van der Waals surface area contributed by atoms with Crippen LogP contribution in [0.5, 0.6) is 0 Å². The Morgan fingerprint density at radius 3 is 2.74 bits per heavy atom. The van der Waals surface area contributed by atoms with Crippen LogP contribution in [0.3, 0.4) is 0 Å². The predicted octanol–water partition coefficient (Wildman–Crippen LogP) is 1.14. The topological polar surface area (TPSA) is 133 Å². The van der Waals surface area contributed by atoms with Crippen LogP contribution in [0.2, 0.25) is 0 Å². The minimum atomic E-state index is -1.17. The van der Waals surface area contributed by atoms with Gasteiger partial charge in [0.1, 0.15) is 23.1 Å². The van der Waals surface area contributed by atoms with Crippen molar-refractivity contribution in [2.75, 3.05) is 19.4 Å². The van der Waals surface area contributed by atoms with Gasteiger partial charge in [0.05, 0.1) is 24.5 Å². The van der Waals surface area contributed by atoms with Gasteiger partial charge in [0, 0.05) is 32.1 Å². The fourth-order valence-corrected chi connectivity index (χ4v) is 4.05. The van der Waals surface area contributed by atoms with Gasteiger partial charge >= 0.3 is 6.03 Å². The van der Waals surface area contributed by atoms with Crippen molar-refractivity contribution in [1.82, 2.24) is 25.1 Å². The summed E-state index contributed by atoms with van der Waals surface area (Å²) in [7, 11) is 2.84. The highest BCUT2D eigenvalue weighted by molar-refractivity contribution is 5.95. The number of aromatic nitrogens is 2. The summed E-state index contributed by atoms with van der Waals surface area (Å²) in [5.74, 6) is -3.15. The molecule has 1 aromatic carbocycles. The van der Waals surface area contributed by atoms with E-state index in [-0.39, 0.29) is 30.5 Å². The number of carbonyl (C=O) groups is 3. The number of nitrogens with one attached hydrogen (secondary N) is 2. The lowest BCUT2D eigenvalue weighted by Crippen LogP contribution is -2.45. The number of amides is 4. The molecule has 2 aromatic rings. The summed E-state index contributed by atoms with van der Waals surface area (Å²) in [6.07, 6.45) is -0.671. The Morgan fingerprint density at radius 2 is 2.06 bits per heavy atom. The molecule has 1 aromatic heterocycles. The van der Waals surface area contributed by atoms with Crippen molar-refractivity contribution in [3.05, 3.63) is 46.3 Å². The van der Waals surface area contributed by atoms with Gasteiger partial charge in [0.25, 0.3) is 11.8 Å². The number of rotatable bonds is 2. The van der Waals surface area contributed by atoms with Crippen molar-refractivity contribution >= 4 is 23.5 Å². The van der Waals surface area contributed by atoms with Crippen molar-refractivity contribution in [2.45, 2.75) is 38.6 Å². The number of hydrogen-bond donors (Lipinski definition) is 2. The summed E-state index contributed by atoms with van der Waals surface area (Å²) >= 11 is 0. The van der Waals surface area contributed by atoms with Gasteiger partial charge in [-0.25, -0.2) is 18.6 Å². The number of carbonyl (C=O) groups excluding carboxylic acids is 3. The van der Waals surface area contributed by atoms with Crippen LogP contribution in [0.15, 0.2) is 12.1 Å². The van der Waals surface area contributed by atoms with E-state index in [1.54, 1.807) is 6.92 Å². The quantitative estimate of drug-likeness (QED) is 0.672. The molecule has 2 aliphatic heterocycles. The first-order chi connectivity index (χ1) is 16.2. The third-order valence-electron chi connectivity index (χ3n) is 5.84. The summed E-state index contributed by atoms with van der Waals surface area (Å²) in [6.45, 7) is 1.74. The molecule has 3 heterocycles. The molecule has 0 aliphatic carbocycles. The Balaban J connectivity index is 1.64. The van der Waals surface area contributed by atoms with Gasteiger partial charge in [-0.05, 0) is 19.1 Å². The summed E-state index contributed by atoms with van der Waals surface area (Å²) in [5, 5.41) is 19.3. The van der Waals surface area contributed by atoms with Crippen LogP contribution in [0.1, 0.15) is 34.2 Å². The van der Waals surface area contributed by atoms with Crippen LogP contribution in [-0.2, 0) is 29.1 Å². The van der Waals surface area contributed by atoms with E-state index in [0.29, 0.717) is 17.7 Å². The first-order valence-electron chi connectivity index (χ1n) is 10.4. The molecule has 0 saturated carbocycles. The Hall–Kier alpha value is -4.05. The predicted molar refractivity (Wildman–Crippen MR) is 112 cm³/mol. The average Bonchev–Trinajstić information content (AvgIpc) is 3.09. The number of hydroxylamine groups is 2. The standard InChI is InChI=1S/C21H21F2N7O4/c1-10-6-15-12(18-20(32)28(3)34-16(19(31)25-2)9-30(18)27-15)8-29(10)21(33)26-14-5-4-13(22)11(7-24)17(14)23/h4-5,10,16H,6,8-9H2,1-3H3,(H,25,31)(H,26,33)/t10-,16-/m1/s1. The SMILES string of the molecule is CNC(=O)[C@H]1Cn2nc3c(c2C(=O)N(C)O1)CN(C(=O)Nc1ccc(F)c(C#N)c1F)[C@H](C)C3. The molecular weight excluding hydrogens is 452 g/mol. The summed E-state index contributed by atoms with van der Waals surface area (Å²) in [6, 6.07) is 2.29. The van der Waals surface area contributed by atoms with E-state index in [1.807, 2.05) is 0 Å². The third kappa shape index (κ3) is 3.81. The van der Waals surface area contributed by atoms with Gasteiger partial charge in [0.2, 0.25) is 0 Å². The number of urea groups is 1. The highest BCUT2D eigenvalue weighted by Gasteiger charge is 2.39. The maximum Gasteiger partial charge on any atom is 0.322 e. The van der Waals surface area contributed by atoms with E-state index in [4.69, 9.17) is 10.1 Å². The second kappa shape index (κ2) is 8.71. The van der Waals surface area contributed by atoms with E-state index in [9.17, 15) is 23.2 Å². The number of fused-ring (bicyclic) bond motifs is 3. The van der Waals surface area contributed by atoms with E-state index in [1.165, 1.54) is 29.7 Å². The van der Waals surface area contributed by atoms with Crippen molar-refractivity contribution in [2.24, 2.45) is 0 Å². The largest absolute Gasteiger partial charge is 0.357 e. The second-order valence-corrected chi connectivity index (χ2v) is 7.97. The molecule has 178 valence electrons. The zero-order valence-corrected chi connectivity index (χ0v) is 18.6. The number of nitrogens with zero attached hydrogens (tertiary/aromatic N) is 5. The average molecular weight is 473 g/mol. The molecule has 13 heteroatoms. The van der Waals surface area contributed by atoms with Gasteiger partial charge < -0.3 is 15.5 Å². The molecule has 2 atom stereocenters. The van der Waals surface area contributed by atoms with Gasteiger partial charge in [-0.3, -0.25) is 19.1 Å². The molecule has 4 rings (SSSR count). The number of nitriles is 1. The molecule has 0 radical (unpaired) electrons. The van der Waals surface area contributed by atoms with Crippen molar-refractivity contribution in [3.8, 4) is 6.07 Å². The number of likely N-dealkylation sites (N-methyl/N-ethyl adjacent to an activating group) is 1. The smallest absolute Gasteiger partial charge is 0.322 e. The summed E-state index contributed by atoms with van der Waals surface area (Å²) in [4.78, 5) is 44.9. The van der Waals surface area contributed by atoms with E-state index < -0.39 is 41.1 Å². The first kappa shape index (κ1) is 23.1. The molecule has 0 saturated heterocycles. The molecule has 4 amide bonds. The maximum atomic E-state index is 14.4. The summed E-state index contributed by atoms with van der Waals surface area (Å²) in [5.41, 5.74) is 0.142. The van der Waals surface area contributed by atoms with Crippen molar-refractivity contribution in [3.63, 3.8) is 0 Å². The minimum Gasteiger partial charge on any atom is -0.357 e. The lowest BCUT2D eigenvalue weighted by atomic mass is 9.99. The fourth-order valence-electron chi connectivity index (χ4n) is 4.05. The van der Waals surface area contributed by atoms with Crippen molar-refractivity contribution in [1.29, 1.82) is 5.26 Å². The van der Waals surface area contributed by atoms with E-state index >= 15 is 0 Å². The molecule has 0 unspecified atom stereocenters. The van der Waals surface area contributed by atoms with Crippen LogP contribution in [0.4, 0.5) is 19.3 Å². The molecule has 34 heavy (non-hydrogen) atoms. The zero-order chi connectivity index (χ0) is 24.7. The van der Waals surface area contributed by atoms with Crippen LogP contribution >= 0.6 is 0 Å². The van der Waals surface area contributed by atoms with Gasteiger partial charge in [-0.15, -0.1) is 0 Å². The number of benzene rings is 1. The van der Waals surface area contributed by atoms with Gasteiger partial charge in [0.15, 0.2) is 11.9 Å². The molecule has 2 aliphatic rings. The van der Waals surface area contributed by atoms with Gasteiger partial charge in [-0.1, -0.05) is 0 Å². The molecule has 2 N–H and O–H groups in total. The number of hydrogen-bond acceptors (Lipinski definition) is 6. The third-order valence-corrected chi connectivity index (χ3v) is 5.84. The van der Waals surface area contributed by atoms with Crippen LogP contribution in [0.25, 0.3) is 0 Å². The minimum absolute atomic E-state index is 0.00358. The molecular formula is C21H21F2N7O4. The normalized spacial score (nSPS) is 19.6. The Labute approximate surface area is 192 Å². The van der Waals surface area contributed by atoms with Gasteiger partial charge in [-0.2, -0.15) is 10.4 Å². The maximum absolute atomic E-state index is 14.4. The highest BCUT2D eigenvalue weighted by Crippen LogP contribution is 2.30. The summed E-state index contributed by atoms with van der Waals surface area (Å²) < 4.78 is 29.5. The van der Waals surface area contributed by atoms with Crippen LogP contribution < -0.4 is 10.6 Å². The Morgan fingerprint density at radius 1 is 1.32 bits per heavy atom. The molecule has 0 fully saturated rings. The first-order valence-corrected chi connectivity index (χ1v) is 10.4. The highest BCUT2D eigenvalue weighted by atomic mass is 19.1. The Bertz CT molecular complexity index is 1240.